The standard InChI is InChI=1S/C25H34N2O/c1-17(2)8-6-9-18(3)10-7-11-19(4)12-14-22-20(5)27-24-16-21(26)13-15-23(24)25(22)28/h8,10,12-13,15-16H,6-7,9,11,14,26H2,1-5H3,(H,27,28)/b18-10+,19-12+. The largest absolute Gasteiger partial charge is 0.399 e. The second-order valence-corrected chi connectivity index (χ2v) is 8.03. The second-order valence-electron chi connectivity index (χ2n) is 8.03. The average Bonchev–Trinajstić information content (AvgIpc) is 2.60. The Labute approximate surface area is 169 Å². The molecule has 28 heavy (non-hydrogen) atoms. The lowest BCUT2D eigenvalue weighted by molar-refractivity contribution is 0.913. The molecule has 1 aromatic heterocycles. The molecule has 0 spiro atoms. The number of nitrogens with one attached hydrogen (secondary N) is 1. The highest BCUT2D eigenvalue weighted by molar-refractivity contribution is 5.82. The third kappa shape index (κ3) is 6.26. The number of rotatable bonds is 8. The molecule has 2 rings (SSSR count). The van der Waals surface area contributed by atoms with Gasteiger partial charge in [0.25, 0.3) is 0 Å². The molecule has 0 amide bonds. The fourth-order valence-electron chi connectivity index (χ4n) is 3.33. The van der Waals surface area contributed by atoms with E-state index in [0.717, 1.165) is 42.5 Å². The summed E-state index contributed by atoms with van der Waals surface area (Å²) in [7, 11) is 0. The van der Waals surface area contributed by atoms with Gasteiger partial charge in [-0.05, 0) is 84.9 Å². The monoisotopic (exact) mass is 378 g/mol. The third-order valence-corrected chi connectivity index (χ3v) is 5.11. The molecule has 0 saturated heterocycles. The van der Waals surface area contributed by atoms with Gasteiger partial charge in [0, 0.05) is 22.3 Å². The number of fused-ring (bicyclic) bond motifs is 1. The van der Waals surface area contributed by atoms with Gasteiger partial charge < -0.3 is 10.7 Å². The molecule has 1 aromatic carbocycles. The summed E-state index contributed by atoms with van der Waals surface area (Å²) in [6.45, 7) is 10.6. The number of anilines is 1. The highest BCUT2D eigenvalue weighted by atomic mass is 16.1. The minimum Gasteiger partial charge on any atom is -0.399 e. The zero-order chi connectivity index (χ0) is 20.7. The quantitative estimate of drug-likeness (QED) is 0.413. The minimum absolute atomic E-state index is 0.102. The maximum absolute atomic E-state index is 12.8. The van der Waals surface area contributed by atoms with E-state index in [9.17, 15) is 4.79 Å². The maximum atomic E-state index is 12.8. The lowest BCUT2D eigenvalue weighted by atomic mass is 10.0. The van der Waals surface area contributed by atoms with Crippen LogP contribution in [0.2, 0.25) is 0 Å². The van der Waals surface area contributed by atoms with E-state index in [4.69, 9.17) is 5.73 Å². The Morgan fingerprint density at radius 3 is 2.32 bits per heavy atom. The molecular weight excluding hydrogens is 344 g/mol. The lowest BCUT2D eigenvalue weighted by Gasteiger charge is -2.08. The van der Waals surface area contributed by atoms with Crippen molar-refractivity contribution >= 4 is 16.6 Å². The zero-order valence-electron chi connectivity index (χ0n) is 18.0. The second kappa shape index (κ2) is 10.1. The molecule has 150 valence electrons. The van der Waals surface area contributed by atoms with Gasteiger partial charge >= 0.3 is 0 Å². The van der Waals surface area contributed by atoms with Crippen LogP contribution in [0.3, 0.4) is 0 Å². The molecule has 3 heteroatoms. The number of allylic oxidation sites excluding steroid dienone is 6. The highest BCUT2D eigenvalue weighted by Gasteiger charge is 2.08. The smallest absolute Gasteiger partial charge is 0.193 e. The van der Waals surface area contributed by atoms with Crippen molar-refractivity contribution in [3.05, 3.63) is 74.6 Å². The van der Waals surface area contributed by atoms with Gasteiger partial charge in [-0.1, -0.05) is 34.9 Å². The van der Waals surface area contributed by atoms with Crippen LogP contribution in [0.4, 0.5) is 5.69 Å². The van der Waals surface area contributed by atoms with Crippen LogP contribution in [0, 0.1) is 6.92 Å². The van der Waals surface area contributed by atoms with Crippen molar-refractivity contribution in [2.24, 2.45) is 0 Å². The van der Waals surface area contributed by atoms with Crippen molar-refractivity contribution in [3.63, 3.8) is 0 Å². The van der Waals surface area contributed by atoms with Gasteiger partial charge in [0.15, 0.2) is 5.43 Å². The van der Waals surface area contributed by atoms with E-state index in [1.807, 2.05) is 19.1 Å². The first-order valence-corrected chi connectivity index (χ1v) is 10.1. The van der Waals surface area contributed by atoms with E-state index in [1.54, 1.807) is 6.07 Å². The van der Waals surface area contributed by atoms with Crippen molar-refractivity contribution in [1.29, 1.82) is 0 Å². The Hall–Kier alpha value is -2.55. The summed E-state index contributed by atoms with van der Waals surface area (Å²) < 4.78 is 0. The van der Waals surface area contributed by atoms with Crippen molar-refractivity contribution < 1.29 is 0 Å². The van der Waals surface area contributed by atoms with Crippen LogP contribution >= 0.6 is 0 Å². The Morgan fingerprint density at radius 2 is 1.64 bits per heavy atom. The summed E-state index contributed by atoms with van der Waals surface area (Å²) in [5.74, 6) is 0. The number of aromatic nitrogens is 1. The number of nitrogen functional groups attached to an aromatic ring is 1. The number of H-pyrrole nitrogens is 1. The highest BCUT2D eigenvalue weighted by Crippen LogP contribution is 2.16. The van der Waals surface area contributed by atoms with Gasteiger partial charge in [0.05, 0.1) is 5.52 Å². The van der Waals surface area contributed by atoms with Crippen molar-refractivity contribution in [2.45, 2.75) is 66.7 Å². The van der Waals surface area contributed by atoms with Crippen molar-refractivity contribution in [1.82, 2.24) is 4.98 Å². The van der Waals surface area contributed by atoms with E-state index in [-0.39, 0.29) is 5.43 Å². The van der Waals surface area contributed by atoms with E-state index >= 15 is 0 Å². The number of hydrogen-bond donors (Lipinski definition) is 2. The Bertz CT molecular complexity index is 970. The average molecular weight is 379 g/mol. The third-order valence-electron chi connectivity index (χ3n) is 5.11. The zero-order valence-corrected chi connectivity index (χ0v) is 18.0. The maximum Gasteiger partial charge on any atom is 0.193 e. The fraction of sp³-hybridized carbons (Fsp3) is 0.400. The molecule has 0 unspecified atom stereocenters. The molecule has 1 heterocycles. The molecule has 0 bridgehead atoms. The van der Waals surface area contributed by atoms with Crippen LogP contribution in [0.1, 0.15) is 64.6 Å². The predicted octanol–water partition coefficient (Wildman–Crippen LogP) is 6.38. The summed E-state index contributed by atoms with van der Waals surface area (Å²) in [5, 5.41) is 0.704. The normalized spacial score (nSPS) is 12.5. The Kier molecular flexibility index (Phi) is 7.86. The van der Waals surface area contributed by atoms with Crippen LogP contribution in [-0.2, 0) is 6.42 Å². The molecule has 0 fully saturated rings. The summed E-state index contributed by atoms with van der Waals surface area (Å²) >= 11 is 0. The molecule has 0 radical (unpaired) electrons. The topological polar surface area (TPSA) is 58.9 Å². The summed E-state index contributed by atoms with van der Waals surface area (Å²) in [4.78, 5) is 16.1. The summed E-state index contributed by atoms with van der Waals surface area (Å²) in [6, 6.07) is 5.41. The number of benzene rings is 1. The molecule has 3 N–H and O–H groups in total. The minimum atomic E-state index is 0.102. The fourth-order valence-corrected chi connectivity index (χ4v) is 3.33. The van der Waals surface area contributed by atoms with Crippen molar-refractivity contribution in [2.75, 3.05) is 5.73 Å². The van der Waals surface area contributed by atoms with Gasteiger partial charge in [-0.15, -0.1) is 0 Å². The molecule has 0 aliphatic carbocycles. The first-order chi connectivity index (χ1) is 13.3. The molecule has 0 aliphatic rings. The van der Waals surface area contributed by atoms with E-state index in [2.05, 4.69) is 50.9 Å². The number of aromatic amines is 1. The van der Waals surface area contributed by atoms with E-state index in [0.29, 0.717) is 17.5 Å². The van der Waals surface area contributed by atoms with Gasteiger partial charge in [-0.25, -0.2) is 0 Å². The molecule has 0 atom stereocenters. The first kappa shape index (κ1) is 21.7. The molecular formula is C25H34N2O. The molecule has 3 nitrogen and oxygen atoms in total. The van der Waals surface area contributed by atoms with Crippen molar-refractivity contribution in [3.8, 4) is 0 Å². The molecule has 2 aromatic rings. The molecule has 0 aliphatic heterocycles. The van der Waals surface area contributed by atoms with Crippen LogP contribution in [0.25, 0.3) is 10.9 Å². The molecule has 0 saturated carbocycles. The van der Waals surface area contributed by atoms with Gasteiger partial charge in [0.2, 0.25) is 0 Å². The number of aryl methyl sites for hydroxylation is 1. The van der Waals surface area contributed by atoms with Gasteiger partial charge in [-0.2, -0.15) is 0 Å². The van der Waals surface area contributed by atoms with Crippen LogP contribution in [0.5, 0.6) is 0 Å². The van der Waals surface area contributed by atoms with Crippen LogP contribution in [0.15, 0.2) is 57.9 Å². The SMILES string of the molecule is CC(C)=CCC/C(C)=C/CC/C(C)=C/Cc1c(C)[nH]c2cc(N)ccc2c1=O. The van der Waals surface area contributed by atoms with Gasteiger partial charge in [-0.3, -0.25) is 4.79 Å². The number of hydrogen-bond acceptors (Lipinski definition) is 2. The predicted molar refractivity (Wildman–Crippen MR) is 123 cm³/mol. The van der Waals surface area contributed by atoms with E-state index < -0.39 is 0 Å². The number of pyridine rings is 1. The first-order valence-electron chi connectivity index (χ1n) is 10.1. The lowest BCUT2D eigenvalue weighted by Crippen LogP contribution is -2.13. The van der Waals surface area contributed by atoms with Crippen LogP contribution < -0.4 is 11.2 Å². The van der Waals surface area contributed by atoms with E-state index in [1.165, 1.54) is 16.7 Å². The Balaban J connectivity index is 2.00. The van der Waals surface area contributed by atoms with Gasteiger partial charge in [0.1, 0.15) is 0 Å². The van der Waals surface area contributed by atoms with Crippen LogP contribution in [-0.4, -0.2) is 4.98 Å². The summed E-state index contributed by atoms with van der Waals surface area (Å²) in [5.41, 5.74) is 13.3. The summed E-state index contributed by atoms with van der Waals surface area (Å²) in [6.07, 6.45) is 11.8. The number of nitrogens with two attached hydrogens (primary N) is 1. The Morgan fingerprint density at radius 1 is 1.00 bits per heavy atom.